The van der Waals surface area contributed by atoms with Crippen LogP contribution in [-0.2, 0) is 34.5 Å². The number of aliphatic hydroxyl groups is 1. The second-order valence-electron chi connectivity index (χ2n) is 7.91. The maximum absolute atomic E-state index is 14.8. The van der Waals surface area contributed by atoms with E-state index in [4.69, 9.17) is 19.5 Å². The zero-order chi connectivity index (χ0) is 28.3. The predicted molar refractivity (Wildman–Crippen MR) is 122 cm³/mol. The van der Waals surface area contributed by atoms with E-state index in [0.717, 1.165) is 7.11 Å². The van der Waals surface area contributed by atoms with Crippen molar-refractivity contribution in [2.45, 2.75) is 43.9 Å². The Bertz CT molecular complexity index is 1280. The standard InChI is InChI=1S/C19H23F2N6O10P/c1-10(15(29)34-2)25-38(33,35-7-11-3-5-12(6-4-11)27(31)32)36-8-13-14(28)19(20,21)16(37-13)26-9-23-17(22)24-18(26)30/h3-6,9-10,13-14,16,28H,7-8H2,1-2H3,(H,25,33)(H2,22,24,30)/t10-,13+,14-,16+,38?/m0/s1. The predicted octanol–water partition coefficient (Wildman–Crippen LogP) is 0.515. The number of rotatable bonds is 11. The van der Waals surface area contributed by atoms with E-state index in [-0.39, 0.29) is 5.69 Å². The Balaban J connectivity index is 1.77. The van der Waals surface area contributed by atoms with E-state index >= 15 is 0 Å². The average molecular weight is 564 g/mol. The van der Waals surface area contributed by atoms with Gasteiger partial charge in [-0.1, -0.05) is 0 Å². The van der Waals surface area contributed by atoms with E-state index in [0.29, 0.717) is 16.5 Å². The normalized spacial score (nSPS) is 22.9. The number of nitrogen functional groups attached to an aromatic ring is 1. The number of nitrogens with zero attached hydrogens (tertiary/aromatic N) is 4. The first-order valence-electron chi connectivity index (χ1n) is 10.7. The highest BCUT2D eigenvalue weighted by molar-refractivity contribution is 7.51. The number of benzene rings is 1. The Morgan fingerprint density at radius 3 is 2.63 bits per heavy atom. The summed E-state index contributed by atoms with van der Waals surface area (Å²) in [6, 6.07) is 3.71. The Hall–Kier alpha value is -3.41. The lowest BCUT2D eigenvalue weighted by molar-refractivity contribution is -0.384. The molecular formula is C19H23F2N6O10P. The number of anilines is 1. The van der Waals surface area contributed by atoms with Crippen molar-refractivity contribution in [3.05, 3.63) is 56.8 Å². The van der Waals surface area contributed by atoms with Crippen LogP contribution in [0.15, 0.2) is 35.4 Å². The minimum Gasteiger partial charge on any atom is -0.468 e. The lowest BCUT2D eigenvalue weighted by Crippen LogP contribution is -2.42. The number of alkyl halides is 2. The number of hydrogen-bond donors (Lipinski definition) is 3. The van der Waals surface area contributed by atoms with Crippen LogP contribution in [0.1, 0.15) is 18.7 Å². The number of aromatic nitrogens is 3. The molecular weight excluding hydrogens is 541 g/mol. The largest absolute Gasteiger partial charge is 0.468 e. The van der Waals surface area contributed by atoms with Crippen molar-refractivity contribution in [1.29, 1.82) is 0 Å². The van der Waals surface area contributed by atoms with Crippen LogP contribution in [0.4, 0.5) is 20.4 Å². The number of nitro groups is 1. The van der Waals surface area contributed by atoms with Crippen LogP contribution in [0.2, 0.25) is 0 Å². The zero-order valence-corrected chi connectivity index (χ0v) is 20.7. The van der Waals surface area contributed by atoms with Crippen molar-refractivity contribution in [2.24, 2.45) is 0 Å². The Morgan fingerprint density at radius 2 is 2.05 bits per heavy atom. The summed E-state index contributed by atoms with van der Waals surface area (Å²) >= 11 is 0. The highest BCUT2D eigenvalue weighted by Gasteiger charge is 2.60. The van der Waals surface area contributed by atoms with E-state index in [1.807, 2.05) is 0 Å². The molecule has 16 nitrogen and oxygen atoms in total. The Kier molecular flexibility index (Phi) is 8.86. The molecule has 4 N–H and O–H groups in total. The van der Waals surface area contributed by atoms with Gasteiger partial charge >= 0.3 is 25.3 Å². The molecule has 19 heteroatoms. The first-order chi connectivity index (χ1) is 17.8. The first kappa shape index (κ1) is 29.2. The van der Waals surface area contributed by atoms with Gasteiger partial charge in [0.05, 0.1) is 25.2 Å². The van der Waals surface area contributed by atoms with Gasteiger partial charge in [0.2, 0.25) is 12.2 Å². The molecule has 3 rings (SSSR count). The summed E-state index contributed by atoms with van der Waals surface area (Å²) in [5.41, 5.74) is 4.15. The van der Waals surface area contributed by atoms with Crippen molar-refractivity contribution in [2.75, 3.05) is 19.5 Å². The van der Waals surface area contributed by atoms with Crippen LogP contribution in [0.5, 0.6) is 0 Å². The smallest absolute Gasteiger partial charge is 0.406 e. The average Bonchev–Trinajstić information content (AvgIpc) is 3.09. The molecule has 1 unspecified atom stereocenters. The van der Waals surface area contributed by atoms with E-state index in [1.54, 1.807) is 0 Å². The van der Waals surface area contributed by atoms with Gasteiger partial charge in [0.15, 0.2) is 6.10 Å². The summed E-state index contributed by atoms with van der Waals surface area (Å²) in [4.78, 5) is 40.7. The number of methoxy groups -OCH3 is 1. The van der Waals surface area contributed by atoms with Crippen LogP contribution >= 0.6 is 7.75 Å². The molecule has 208 valence electrons. The Morgan fingerprint density at radius 1 is 1.39 bits per heavy atom. The monoisotopic (exact) mass is 564 g/mol. The summed E-state index contributed by atoms with van der Waals surface area (Å²) < 4.78 is 63.4. The maximum atomic E-state index is 14.8. The second-order valence-corrected chi connectivity index (χ2v) is 9.68. The molecule has 2 heterocycles. The number of hydrogen-bond acceptors (Lipinski definition) is 13. The van der Waals surface area contributed by atoms with E-state index in [2.05, 4.69) is 19.8 Å². The van der Waals surface area contributed by atoms with Crippen LogP contribution < -0.4 is 16.5 Å². The number of nitro benzene ring substituents is 1. The highest BCUT2D eigenvalue weighted by Crippen LogP contribution is 2.48. The number of aliphatic hydroxyl groups excluding tert-OH is 1. The number of ether oxygens (including phenoxy) is 2. The first-order valence-corrected chi connectivity index (χ1v) is 12.2. The summed E-state index contributed by atoms with van der Waals surface area (Å²) in [5.74, 6) is -5.36. The molecule has 2 aromatic rings. The third kappa shape index (κ3) is 6.53. The number of non-ortho nitro benzene ring substituents is 1. The minimum absolute atomic E-state index is 0.209. The molecule has 1 saturated heterocycles. The van der Waals surface area contributed by atoms with Crippen molar-refractivity contribution in [3.63, 3.8) is 0 Å². The summed E-state index contributed by atoms with van der Waals surface area (Å²) in [5, 5.41) is 23.3. The van der Waals surface area contributed by atoms with Gasteiger partial charge in [-0.25, -0.2) is 24.0 Å². The molecule has 38 heavy (non-hydrogen) atoms. The summed E-state index contributed by atoms with van der Waals surface area (Å²) in [6.45, 7) is -0.132. The molecule has 0 spiro atoms. The number of carbonyl (C=O) groups excluding carboxylic acids is 1. The molecule has 1 aromatic heterocycles. The maximum Gasteiger partial charge on any atom is 0.406 e. The van der Waals surface area contributed by atoms with Gasteiger partial charge < -0.3 is 20.3 Å². The van der Waals surface area contributed by atoms with Gasteiger partial charge in [-0.05, 0) is 24.6 Å². The molecule has 1 fully saturated rings. The van der Waals surface area contributed by atoms with E-state index < -0.39 is 73.9 Å². The fourth-order valence-electron chi connectivity index (χ4n) is 3.25. The van der Waals surface area contributed by atoms with Gasteiger partial charge in [-0.3, -0.25) is 24.0 Å². The SMILES string of the molecule is COC(=O)[C@H](C)NP(=O)(OCc1ccc([N+](=O)[O-])cc1)OC[C@H]1O[C@@H](n2cnc(N)nc2=O)C(F)(F)[C@H]1O. The molecule has 0 amide bonds. The van der Waals surface area contributed by atoms with Crippen LogP contribution in [0.3, 0.4) is 0 Å². The molecule has 0 radical (unpaired) electrons. The molecule has 0 aliphatic carbocycles. The highest BCUT2D eigenvalue weighted by atomic mass is 31.2. The topological polar surface area (TPSA) is 220 Å². The van der Waals surface area contributed by atoms with Crippen molar-refractivity contribution >= 4 is 25.4 Å². The molecule has 1 aromatic carbocycles. The number of carbonyl (C=O) groups is 1. The van der Waals surface area contributed by atoms with Crippen LogP contribution in [0.25, 0.3) is 0 Å². The summed E-state index contributed by atoms with van der Waals surface area (Å²) in [7, 11) is -3.43. The molecule has 1 aliphatic heterocycles. The zero-order valence-electron chi connectivity index (χ0n) is 19.8. The third-order valence-corrected chi connectivity index (χ3v) is 6.90. The van der Waals surface area contributed by atoms with Gasteiger partial charge in [0, 0.05) is 12.1 Å². The minimum atomic E-state index is -4.50. The molecule has 0 saturated carbocycles. The van der Waals surface area contributed by atoms with Crippen molar-refractivity contribution in [1.82, 2.24) is 19.6 Å². The number of esters is 1. The molecule has 5 atom stereocenters. The van der Waals surface area contributed by atoms with Crippen molar-refractivity contribution < 1.29 is 46.7 Å². The van der Waals surface area contributed by atoms with E-state index in [1.165, 1.54) is 31.2 Å². The third-order valence-electron chi connectivity index (χ3n) is 5.24. The lowest BCUT2D eigenvalue weighted by atomic mass is 10.1. The fraction of sp³-hybridized carbons (Fsp3) is 0.474. The van der Waals surface area contributed by atoms with E-state index in [9.17, 15) is 38.2 Å². The molecule has 1 aliphatic rings. The second kappa shape index (κ2) is 11.5. The van der Waals surface area contributed by atoms with Gasteiger partial charge in [-0.2, -0.15) is 13.8 Å². The van der Waals surface area contributed by atoms with Gasteiger partial charge in [-0.15, -0.1) is 0 Å². The van der Waals surface area contributed by atoms with Gasteiger partial charge in [0.1, 0.15) is 18.5 Å². The number of nitrogens with two attached hydrogens (primary N) is 1. The molecule has 0 bridgehead atoms. The quantitative estimate of drug-likeness (QED) is 0.147. The summed E-state index contributed by atoms with van der Waals surface area (Å²) in [6.07, 6.45) is -6.04. The van der Waals surface area contributed by atoms with Gasteiger partial charge in [0.25, 0.3) is 5.69 Å². The lowest BCUT2D eigenvalue weighted by Gasteiger charge is -2.24. The Labute approximate surface area is 212 Å². The van der Waals surface area contributed by atoms with Crippen LogP contribution in [0, 0.1) is 10.1 Å². The number of halogens is 2. The fourth-order valence-corrected chi connectivity index (χ4v) is 4.71. The number of nitrogens with one attached hydrogen (secondary N) is 1. The van der Waals surface area contributed by atoms with Crippen molar-refractivity contribution in [3.8, 4) is 0 Å². The van der Waals surface area contributed by atoms with Crippen LogP contribution in [-0.4, -0.2) is 68.4 Å².